The summed E-state index contributed by atoms with van der Waals surface area (Å²) in [6.45, 7) is 5.24. The van der Waals surface area contributed by atoms with E-state index in [9.17, 15) is 19.6 Å². The van der Waals surface area contributed by atoms with E-state index in [1.165, 1.54) is 11.1 Å². The number of piperazine rings is 1. The van der Waals surface area contributed by atoms with Crippen molar-refractivity contribution in [2.45, 2.75) is 26.3 Å². The zero-order valence-electron chi connectivity index (χ0n) is 21.7. The number of carbonyl (C=O) groups is 3. The van der Waals surface area contributed by atoms with E-state index >= 15 is 0 Å². The fraction of sp³-hybridized carbons (Fsp3) is 0.462. The number of aldehydes is 1. The summed E-state index contributed by atoms with van der Waals surface area (Å²) in [5.41, 5.74) is 2.78. The summed E-state index contributed by atoms with van der Waals surface area (Å²) >= 11 is 1.79. The number of pyridine rings is 2. The van der Waals surface area contributed by atoms with Crippen molar-refractivity contribution in [1.82, 2.24) is 19.8 Å². The zero-order chi connectivity index (χ0) is 27.1. The average molecular weight is 537 g/mol. The first-order chi connectivity index (χ1) is 18.4. The van der Waals surface area contributed by atoms with Crippen molar-refractivity contribution in [3.63, 3.8) is 0 Å². The maximum Gasteiger partial charge on any atom is 0.328 e. The van der Waals surface area contributed by atoms with Gasteiger partial charge in [0.1, 0.15) is 23.4 Å². The molecular weight excluding hydrogens is 504 g/mol. The highest BCUT2D eigenvalue weighted by molar-refractivity contribution is 7.99. The number of rotatable bonds is 9. The van der Waals surface area contributed by atoms with Crippen molar-refractivity contribution in [3.05, 3.63) is 40.7 Å². The van der Waals surface area contributed by atoms with Crippen molar-refractivity contribution < 1.29 is 14.4 Å². The van der Waals surface area contributed by atoms with E-state index in [4.69, 9.17) is 0 Å². The molecule has 1 fully saturated rings. The third-order valence-electron chi connectivity index (χ3n) is 6.53. The van der Waals surface area contributed by atoms with Crippen LogP contribution in [-0.4, -0.2) is 89.3 Å². The van der Waals surface area contributed by atoms with Crippen LogP contribution < -0.4 is 15.5 Å². The summed E-state index contributed by atoms with van der Waals surface area (Å²) in [5.74, 6) is 2.67. The molecule has 4 rings (SSSR count). The second-order valence-corrected chi connectivity index (χ2v) is 10.6. The van der Waals surface area contributed by atoms with Gasteiger partial charge in [-0.1, -0.05) is 6.92 Å². The van der Waals surface area contributed by atoms with Gasteiger partial charge >= 0.3 is 6.03 Å². The first kappa shape index (κ1) is 27.3. The molecular formula is C26H32N8O3S. The molecule has 4 heterocycles. The number of aromatic nitrogens is 2. The monoisotopic (exact) mass is 536 g/mol. The summed E-state index contributed by atoms with van der Waals surface area (Å²) in [6.07, 6.45) is 3.56. The van der Waals surface area contributed by atoms with Crippen LogP contribution in [0.3, 0.4) is 0 Å². The molecule has 0 bridgehead atoms. The Kier molecular flexibility index (Phi) is 9.15. The van der Waals surface area contributed by atoms with E-state index in [1.54, 1.807) is 22.7 Å². The van der Waals surface area contributed by atoms with Crippen LogP contribution >= 0.6 is 11.8 Å². The largest absolute Gasteiger partial charge is 0.383 e. The molecule has 11 nitrogen and oxygen atoms in total. The molecule has 0 atom stereocenters. The Morgan fingerprint density at radius 3 is 2.87 bits per heavy atom. The molecule has 200 valence electrons. The van der Waals surface area contributed by atoms with E-state index in [1.807, 2.05) is 18.0 Å². The van der Waals surface area contributed by atoms with Crippen LogP contribution in [0.5, 0.6) is 0 Å². The molecule has 38 heavy (non-hydrogen) atoms. The van der Waals surface area contributed by atoms with Gasteiger partial charge in [0.05, 0.1) is 17.8 Å². The Labute approximate surface area is 226 Å². The van der Waals surface area contributed by atoms with E-state index in [0.717, 1.165) is 30.0 Å². The number of nitrogens with one attached hydrogen (secondary N) is 2. The molecule has 2 aliphatic rings. The topological polar surface area (TPSA) is 135 Å². The third-order valence-corrected chi connectivity index (χ3v) is 7.43. The van der Waals surface area contributed by atoms with Gasteiger partial charge in [-0.2, -0.15) is 17.0 Å². The van der Waals surface area contributed by atoms with Crippen LogP contribution in [0.1, 0.15) is 40.5 Å². The van der Waals surface area contributed by atoms with Crippen LogP contribution in [0.4, 0.5) is 22.1 Å². The number of anilines is 3. The highest BCUT2D eigenvalue weighted by Crippen LogP contribution is 2.29. The van der Waals surface area contributed by atoms with Crippen LogP contribution in [0.15, 0.2) is 18.3 Å². The third kappa shape index (κ3) is 6.41. The van der Waals surface area contributed by atoms with Gasteiger partial charge in [-0.25, -0.2) is 14.8 Å². The number of amides is 3. The van der Waals surface area contributed by atoms with Crippen molar-refractivity contribution in [1.29, 1.82) is 5.26 Å². The predicted molar refractivity (Wildman–Crippen MR) is 148 cm³/mol. The molecule has 2 N–H and O–H groups in total. The summed E-state index contributed by atoms with van der Waals surface area (Å²) < 4.78 is 0. The molecule has 2 aliphatic heterocycles. The fourth-order valence-electron chi connectivity index (χ4n) is 4.52. The Morgan fingerprint density at radius 1 is 1.29 bits per heavy atom. The van der Waals surface area contributed by atoms with Gasteiger partial charge in [0.15, 0.2) is 6.29 Å². The number of likely N-dealkylation sites (N-methyl/N-ethyl adjacent to an activating group) is 1. The first-order valence-electron chi connectivity index (χ1n) is 12.7. The normalized spacial score (nSPS) is 15.6. The van der Waals surface area contributed by atoms with Crippen molar-refractivity contribution in [3.8, 4) is 6.07 Å². The number of urea groups is 1. The molecule has 0 aromatic carbocycles. The standard InChI is InChI=1S/C26H32N8O3S/c1-3-38-10-6-28-21-12-23(29-14-20(21)13-27)31-26(37)34-7-4-5-18-11-19(22(17-35)30-25(18)34)15-33-9-8-32(2)16-24(33)36/h11-12,14,17H,3-10,15-16H2,1-2H3,(H2,28,29,31,37). The van der Waals surface area contributed by atoms with Crippen LogP contribution in [-0.2, 0) is 17.8 Å². The minimum atomic E-state index is -0.415. The van der Waals surface area contributed by atoms with Crippen LogP contribution in [0, 0.1) is 11.3 Å². The predicted octanol–water partition coefficient (Wildman–Crippen LogP) is 2.58. The molecule has 0 saturated carbocycles. The molecule has 12 heteroatoms. The van der Waals surface area contributed by atoms with Gasteiger partial charge in [-0.3, -0.25) is 24.7 Å². The Bertz CT molecular complexity index is 1250. The number of nitriles is 1. The Morgan fingerprint density at radius 2 is 2.13 bits per heavy atom. The van der Waals surface area contributed by atoms with E-state index in [0.29, 0.717) is 73.9 Å². The summed E-state index contributed by atoms with van der Waals surface area (Å²) in [5, 5.41) is 15.5. The lowest BCUT2D eigenvalue weighted by Gasteiger charge is -2.33. The zero-order valence-corrected chi connectivity index (χ0v) is 22.5. The minimum absolute atomic E-state index is 0.0159. The van der Waals surface area contributed by atoms with Crippen LogP contribution in [0.2, 0.25) is 0 Å². The molecule has 2 aromatic heterocycles. The summed E-state index contributed by atoms with van der Waals surface area (Å²) in [6, 6.07) is 5.25. The molecule has 3 amide bonds. The van der Waals surface area contributed by atoms with Gasteiger partial charge in [-0.05, 0) is 37.3 Å². The maximum atomic E-state index is 13.3. The maximum absolute atomic E-state index is 13.3. The smallest absolute Gasteiger partial charge is 0.328 e. The lowest BCUT2D eigenvalue weighted by Crippen LogP contribution is -2.48. The minimum Gasteiger partial charge on any atom is -0.383 e. The molecule has 0 radical (unpaired) electrons. The van der Waals surface area contributed by atoms with E-state index < -0.39 is 6.03 Å². The van der Waals surface area contributed by atoms with E-state index in [2.05, 4.69) is 33.6 Å². The molecule has 0 aliphatic carbocycles. The molecule has 1 saturated heterocycles. The van der Waals surface area contributed by atoms with Gasteiger partial charge in [0.2, 0.25) is 5.91 Å². The number of aryl methyl sites for hydroxylation is 1. The molecule has 0 spiro atoms. The van der Waals surface area contributed by atoms with Gasteiger partial charge in [0, 0.05) is 56.3 Å². The number of carbonyl (C=O) groups excluding carboxylic acids is 3. The quantitative estimate of drug-likeness (QED) is 0.366. The van der Waals surface area contributed by atoms with Crippen molar-refractivity contribution in [2.24, 2.45) is 0 Å². The number of hydrogen-bond acceptors (Lipinski definition) is 9. The fourth-order valence-corrected chi connectivity index (χ4v) is 5.06. The SMILES string of the molecule is CCSCCNc1cc(NC(=O)N2CCCc3cc(CN4CCN(C)CC4=O)c(C=O)nc32)ncc1C#N. The second-order valence-electron chi connectivity index (χ2n) is 9.22. The number of fused-ring (bicyclic) bond motifs is 1. The van der Waals surface area contributed by atoms with Crippen LogP contribution in [0.25, 0.3) is 0 Å². The van der Waals surface area contributed by atoms with Gasteiger partial charge in [0.25, 0.3) is 0 Å². The number of nitrogens with zero attached hydrogens (tertiary/aromatic N) is 6. The first-order valence-corrected chi connectivity index (χ1v) is 13.8. The highest BCUT2D eigenvalue weighted by atomic mass is 32.2. The van der Waals surface area contributed by atoms with E-state index in [-0.39, 0.29) is 11.6 Å². The summed E-state index contributed by atoms with van der Waals surface area (Å²) in [7, 11) is 1.91. The average Bonchev–Trinajstić information content (AvgIpc) is 2.92. The lowest BCUT2D eigenvalue weighted by molar-refractivity contribution is -0.136. The van der Waals surface area contributed by atoms with Crippen molar-refractivity contribution >= 4 is 47.3 Å². The molecule has 0 unspecified atom stereocenters. The summed E-state index contributed by atoms with van der Waals surface area (Å²) in [4.78, 5) is 51.7. The lowest BCUT2D eigenvalue weighted by atomic mass is 10.0. The Balaban J connectivity index is 1.51. The number of thioether (sulfide) groups is 1. The Hall–Kier alpha value is -3.69. The van der Waals surface area contributed by atoms with Crippen molar-refractivity contribution in [2.75, 3.05) is 66.8 Å². The van der Waals surface area contributed by atoms with Gasteiger partial charge < -0.3 is 10.2 Å². The van der Waals surface area contributed by atoms with Gasteiger partial charge in [-0.15, -0.1) is 0 Å². The second kappa shape index (κ2) is 12.7. The highest BCUT2D eigenvalue weighted by Gasteiger charge is 2.28. The molecule has 2 aromatic rings. The number of hydrogen-bond donors (Lipinski definition) is 2.